The maximum absolute atomic E-state index is 14.4. The summed E-state index contributed by atoms with van der Waals surface area (Å²) >= 11 is 0. The number of sulfonamides is 1. The molecule has 4 atom stereocenters. The highest BCUT2D eigenvalue weighted by Gasteiger charge is 2.32. The summed E-state index contributed by atoms with van der Waals surface area (Å²) in [6, 6.07) is 13.6. The van der Waals surface area contributed by atoms with Crippen LogP contribution < -0.4 is 9.46 Å². The molecule has 0 radical (unpaired) electrons. The number of ether oxygens (including phenoxy) is 2. The fourth-order valence-electron chi connectivity index (χ4n) is 5.79. The van der Waals surface area contributed by atoms with Gasteiger partial charge in [0.2, 0.25) is 5.91 Å². The first kappa shape index (κ1) is 36.9. The Kier molecular flexibility index (Phi) is 12.6. The number of fused-ring (bicyclic) bond motifs is 1. The van der Waals surface area contributed by atoms with Gasteiger partial charge in [0, 0.05) is 38.3 Å². The number of carbonyl (C=O) groups is 2. The number of aliphatic hydroxyl groups excluding tert-OH is 1. The lowest BCUT2D eigenvalue weighted by Gasteiger charge is -2.36. The predicted molar refractivity (Wildman–Crippen MR) is 181 cm³/mol. The number of benzene rings is 2. The van der Waals surface area contributed by atoms with Crippen LogP contribution in [0.4, 0.5) is 5.69 Å². The average molecular weight is 685 g/mol. The van der Waals surface area contributed by atoms with E-state index in [1.165, 1.54) is 19.9 Å². The SMILES string of the molecule is Cc1noc(C)c1S(=O)(=O)Nc1ccc2c(c1)C(=O)N([C@@H](C)CO)C[C@H](C)[C@H](CN(C)C(=O)Cc1ccccc1)OCCCC[C@H](C)O2. The van der Waals surface area contributed by atoms with Crippen LogP contribution >= 0.6 is 0 Å². The van der Waals surface area contributed by atoms with Gasteiger partial charge in [-0.1, -0.05) is 42.4 Å². The van der Waals surface area contributed by atoms with Crippen LogP contribution in [0.15, 0.2) is 57.9 Å². The molecule has 1 aliphatic heterocycles. The van der Waals surface area contributed by atoms with Crippen molar-refractivity contribution in [1.82, 2.24) is 15.0 Å². The molecule has 2 heterocycles. The quantitative estimate of drug-likeness (QED) is 0.330. The molecule has 1 aliphatic rings. The number of nitrogens with zero attached hydrogens (tertiary/aromatic N) is 3. The number of aryl methyl sites for hydroxylation is 2. The second-order valence-corrected chi connectivity index (χ2v) is 14.3. The van der Waals surface area contributed by atoms with Gasteiger partial charge < -0.3 is 28.9 Å². The molecule has 3 aromatic rings. The van der Waals surface area contributed by atoms with E-state index in [9.17, 15) is 23.1 Å². The highest BCUT2D eigenvalue weighted by molar-refractivity contribution is 7.92. The topological polar surface area (TPSA) is 152 Å². The standard InChI is InChI=1S/C35H48N4O8S/c1-23-20-39(24(2)22-40)35(42)30-19-29(37-48(43,44)34-26(4)36-47-27(34)5)15-16-31(30)46-25(3)12-10-11-17-45-32(23)21-38(6)33(41)18-28-13-8-7-9-14-28/h7-9,13-16,19,23-25,32,37,40H,10-12,17-18,20-22H2,1-6H3/t23-,24-,25-,32-/m0/s1. The van der Waals surface area contributed by atoms with Gasteiger partial charge >= 0.3 is 0 Å². The number of hydrogen-bond donors (Lipinski definition) is 2. The molecule has 12 nitrogen and oxygen atoms in total. The van der Waals surface area contributed by atoms with E-state index in [1.807, 2.05) is 44.2 Å². The summed E-state index contributed by atoms with van der Waals surface area (Å²) in [7, 11) is -2.33. The summed E-state index contributed by atoms with van der Waals surface area (Å²) in [6.45, 7) is 9.39. The van der Waals surface area contributed by atoms with Crippen molar-refractivity contribution in [2.45, 2.75) is 83.4 Å². The summed E-state index contributed by atoms with van der Waals surface area (Å²) < 4.78 is 46.9. The van der Waals surface area contributed by atoms with E-state index in [0.717, 1.165) is 18.4 Å². The summed E-state index contributed by atoms with van der Waals surface area (Å²) in [5.74, 6) is -0.255. The van der Waals surface area contributed by atoms with Crippen LogP contribution in [0.2, 0.25) is 0 Å². The zero-order valence-electron chi connectivity index (χ0n) is 28.6. The Morgan fingerprint density at radius 3 is 2.54 bits per heavy atom. The van der Waals surface area contributed by atoms with E-state index in [2.05, 4.69) is 9.88 Å². The highest BCUT2D eigenvalue weighted by Crippen LogP contribution is 2.30. The number of rotatable bonds is 9. The van der Waals surface area contributed by atoms with Crippen LogP contribution in [-0.4, -0.2) is 91.9 Å². The van der Waals surface area contributed by atoms with Crippen molar-refractivity contribution in [3.8, 4) is 5.75 Å². The zero-order valence-corrected chi connectivity index (χ0v) is 29.5. The first-order chi connectivity index (χ1) is 22.8. The summed E-state index contributed by atoms with van der Waals surface area (Å²) in [5.41, 5.74) is 1.45. The van der Waals surface area contributed by atoms with Crippen LogP contribution in [0.1, 0.15) is 67.4 Å². The van der Waals surface area contributed by atoms with Crippen molar-refractivity contribution < 1.29 is 37.1 Å². The van der Waals surface area contributed by atoms with Gasteiger partial charge in [-0.15, -0.1) is 0 Å². The first-order valence-corrected chi connectivity index (χ1v) is 17.9. The lowest BCUT2D eigenvalue weighted by Crippen LogP contribution is -2.48. The summed E-state index contributed by atoms with van der Waals surface area (Å²) in [5, 5.41) is 14.0. The third kappa shape index (κ3) is 9.36. The lowest BCUT2D eigenvalue weighted by molar-refractivity contribution is -0.131. The normalized spacial score (nSPS) is 20.3. The van der Waals surface area contributed by atoms with E-state index in [4.69, 9.17) is 14.0 Å². The Morgan fingerprint density at radius 1 is 1.15 bits per heavy atom. The molecule has 2 amide bonds. The molecule has 2 aromatic carbocycles. The molecular weight excluding hydrogens is 636 g/mol. The first-order valence-electron chi connectivity index (χ1n) is 16.4. The van der Waals surface area contributed by atoms with E-state index < -0.39 is 22.0 Å². The number of hydrogen-bond acceptors (Lipinski definition) is 9. The van der Waals surface area contributed by atoms with Gasteiger partial charge in [-0.3, -0.25) is 14.3 Å². The molecule has 0 fully saturated rings. The van der Waals surface area contributed by atoms with Gasteiger partial charge in [0.15, 0.2) is 10.7 Å². The second kappa shape index (κ2) is 16.4. The van der Waals surface area contributed by atoms with E-state index in [1.54, 1.807) is 35.9 Å². The number of anilines is 1. The van der Waals surface area contributed by atoms with Crippen molar-refractivity contribution in [2.75, 3.05) is 38.1 Å². The molecule has 4 rings (SSSR count). The third-order valence-electron chi connectivity index (χ3n) is 8.62. The minimum Gasteiger partial charge on any atom is -0.490 e. The van der Waals surface area contributed by atoms with Crippen LogP contribution in [0.3, 0.4) is 0 Å². The molecule has 48 heavy (non-hydrogen) atoms. The monoisotopic (exact) mass is 684 g/mol. The maximum Gasteiger partial charge on any atom is 0.267 e. The minimum absolute atomic E-state index is 0.0421. The molecule has 0 spiro atoms. The Hall–Kier alpha value is -3.94. The molecule has 0 unspecified atom stereocenters. The molecule has 0 saturated carbocycles. The van der Waals surface area contributed by atoms with Crippen LogP contribution in [0, 0.1) is 19.8 Å². The number of aromatic nitrogens is 1. The van der Waals surface area contributed by atoms with Gasteiger partial charge in [-0.05, 0) is 70.7 Å². The number of aliphatic hydroxyl groups is 1. The predicted octanol–water partition coefficient (Wildman–Crippen LogP) is 4.59. The molecule has 262 valence electrons. The number of amides is 2. The van der Waals surface area contributed by atoms with Crippen molar-refractivity contribution in [3.05, 3.63) is 71.1 Å². The summed E-state index contributed by atoms with van der Waals surface area (Å²) in [4.78, 5) is 30.7. The van der Waals surface area contributed by atoms with Gasteiger partial charge in [-0.25, -0.2) is 8.42 Å². The number of carbonyl (C=O) groups excluding carboxylic acids is 2. The van der Waals surface area contributed by atoms with Gasteiger partial charge in [0.1, 0.15) is 11.4 Å². The van der Waals surface area contributed by atoms with Crippen molar-refractivity contribution in [2.24, 2.45) is 5.92 Å². The lowest BCUT2D eigenvalue weighted by atomic mass is 10.0. The molecular formula is C35H48N4O8S. The van der Waals surface area contributed by atoms with Crippen molar-refractivity contribution in [1.29, 1.82) is 0 Å². The average Bonchev–Trinajstić information content (AvgIpc) is 3.40. The smallest absolute Gasteiger partial charge is 0.267 e. The largest absolute Gasteiger partial charge is 0.490 e. The molecule has 2 N–H and O–H groups in total. The molecule has 1 aromatic heterocycles. The van der Waals surface area contributed by atoms with Gasteiger partial charge in [0.05, 0.1) is 36.8 Å². The molecule has 0 saturated heterocycles. The van der Waals surface area contributed by atoms with Crippen molar-refractivity contribution >= 4 is 27.5 Å². The maximum atomic E-state index is 14.4. The Labute approximate surface area is 283 Å². The van der Waals surface area contributed by atoms with Gasteiger partial charge in [-0.2, -0.15) is 0 Å². The molecule has 0 bridgehead atoms. The number of likely N-dealkylation sites (N-methyl/N-ethyl adjacent to an activating group) is 1. The molecule has 13 heteroatoms. The number of nitrogens with one attached hydrogen (secondary N) is 1. The second-order valence-electron chi connectivity index (χ2n) is 12.7. The fraction of sp³-hybridized carbons (Fsp3) is 0.514. The van der Waals surface area contributed by atoms with E-state index in [-0.39, 0.29) is 71.2 Å². The highest BCUT2D eigenvalue weighted by atomic mass is 32.2. The van der Waals surface area contributed by atoms with E-state index in [0.29, 0.717) is 25.3 Å². The minimum atomic E-state index is -4.08. The Bertz CT molecular complexity index is 1630. The van der Waals surface area contributed by atoms with Crippen molar-refractivity contribution in [3.63, 3.8) is 0 Å². The Balaban J connectivity index is 1.64. The fourth-order valence-corrected chi connectivity index (χ4v) is 7.17. The summed E-state index contributed by atoms with van der Waals surface area (Å²) in [6.07, 6.45) is 1.93. The van der Waals surface area contributed by atoms with Crippen LogP contribution in [0.25, 0.3) is 0 Å². The molecule has 0 aliphatic carbocycles. The Morgan fingerprint density at radius 2 is 1.88 bits per heavy atom. The van der Waals surface area contributed by atoms with E-state index >= 15 is 0 Å². The third-order valence-corrected chi connectivity index (χ3v) is 10.2. The van der Waals surface area contributed by atoms with Crippen LogP contribution in [0.5, 0.6) is 5.75 Å². The zero-order chi connectivity index (χ0) is 35.0. The van der Waals surface area contributed by atoms with Gasteiger partial charge in [0.25, 0.3) is 15.9 Å². The van der Waals surface area contributed by atoms with Crippen LogP contribution in [-0.2, 0) is 26.0 Å².